The highest BCUT2D eigenvalue weighted by Gasteiger charge is 2.21. The number of carbonyl (C=O) groups is 2. The van der Waals surface area contributed by atoms with Gasteiger partial charge in [0.25, 0.3) is 11.5 Å². The lowest BCUT2D eigenvalue weighted by Gasteiger charge is -2.13. The molecule has 0 saturated carbocycles. The van der Waals surface area contributed by atoms with Crippen LogP contribution in [0.4, 0.5) is 5.69 Å². The predicted octanol–water partition coefficient (Wildman–Crippen LogP) is 4.12. The first kappa shape index (κ1) is 21.0. The number of hydrogen-bond donors (Lipinski definition) is 1. The molecule has 0 fully saturated rings. The lowest BCUT2D eigenvalue weighted by Crippen LogP contribution is -2.27. The third-order valence-electron chi connectivity index (χ3n) is 5.00. The molecular formula is C25H21N3O4. The smallest absolute Gasteiger partial charge is 0.360 e. The average molecular weight is 427 g/mol. The van der Waals surface area contributed by atoms with E-state index in [2.05, 4.69) is 10.4 Å². The van der Waals surface area contributed by atoms with Gasteiger partial charge < -0.3 is 10.1 Å². The van der Waals surface area contributed by atoms with Crippen molar-refractivity contribution in [2.24, 2.45) is 0 Å². The summed E-state index contributed by atoms with van der Waals surface area (Å²) in [7, 11) is 0. The molecule has 1 heterocycles. The molecule has 32 heavy (non-hydrogen) atoms. The maximum Gasteiger partial charge on any atom is 0.360 e. The van der Waals surface area contributed by atoms with Crippen LogP contribution in [0.25, 0.3) is 16.5 Å². The third-order valence-corrected chi connectivity index (χ3v) is 5.00. The number of nitrogens with one attached hydrogen (secondary N) is 1. The van der Waals surface area contributed by atoms with Gasteiger partial charge in [-0.15, -0.1) is 0 Å². The lowest BCUT2D eigenvalue weighted by molar-refractivity contribution is 0.0518. The molecule has 1 N–H and O–H groups in total. The van der Waals surface area contributed by atoms with Gasteiger partial charge in [0.1, 0.15) is 0 Å². The Balaban J connectivity index is 1.75. The minimum atomic E-state index is -0.733. The average Bonchev–Trinajstić information content (AvgIpc) is 2.79. The Morgan fingerprint density at radius 1 is 0.969 bits per heavy atom. The molecule has 1 amide bonds. The standard InChI is InChI=1S/C25H21N3O4/c1-3-32-25(31)23-20(15-22(29)28(27-23)21-11-7-4-8-16(21)2)26-24(30)19-13-12-17-9-5-6-10-18(17)14-19/h4-15H,3H2,1-2H3,(H,26,30). The molecule has 0 radical (unpaired) electrons. The zero-order valence-electron chi connectivity index (χ0n) is 17.7. The van der Waals surface area contributed by atoms with Gasteiger partial charge in [0, 0.05) is 11.6 Å². The second-order valence-corrected chi connectivity index (χ2v) is 7.18. The highest BCUT2D eigenvalue weighted by molar-refractivity contribution is 6.08. The summed E-state index contributed by atoms with van der Waals surface area (Å²) in [6.45, 7) is 3.63. The SMILES string of the molecule is CCOC(=O)c1nn(-c2ccccc2C)c(=O)cc1NC(=O)c1ccc2ccccc2c1. The second-order valence-electron chi connectivity index (χ2n) is 7.18. The van der Waals surface area contributed by atoms with E-state index >= 15 is 0 Å². The van der Waals surface area contributed by atoms with E-state index in [0.29, 0.717) is 11.3 Å². The summed E-state index contributed by atoms with van der Waals surface area (Å²) in [4.78, 5) is 38.3. The molecule has 0 saturated heterocycles. The summed E-state index contributed by atoms with van der Waals surface area (Å²) in [6, 6.07) is 21.3. The lowest BCUT2D eigenvalue weighted by atomic mass is 10.1. The number of anilines is 1. The maximum atomic E-state index is 12.9. The van der Waals surface area contributed by atoms with Crippen LogP contribution in [-0.4, -0.2) is 28.3 Å². The van der Waals surface area contributed by atoms with Crippen molar-refractivity contribution < 1.29 is 14.3 Å². The number of aryl methyl sites for hydroxylation is 1. The predicted molar refractivity (Wildman–Crippen MR) is 122 cm³/mol. The van der Waals surface area contributed by atoms with Crippen LogP contribution in [0.1, 0.15) is 33.3 Å². The molecule has 0 atom stereocenters. The number of amides is 1. The van der Waals surface area contributed by atoms with Crippen molar-refractivity contribution in [1.82, 2.24) is 9.78 Å². The van der Waals surface area contributed by atoms with Crippen LogP contribution in [0, 0.1) is 6.92 Å². The fourth-order valence-corrected chi connectivity index (χ4v) is 3.40. The highest BCUT2D eigenvalue weighted by atomic mass is 16.5. The Hall–Kier alpha value is -4.26. The minimum Gasteiger partial charge on any atom is -0.461 e. The monoisotopic (exact) mass is 427 g/mol. The Bertz CT molecular complexity index is 1390. The minimum absolute atomic E-state index is 0.00329. The molecule has 0 aliphatic rings. The van der Waals surface area contributed by atoms with E-state index < -0.39 is 17.4 Å². The molecule has 0 spiro atoms. The molecular weight excluding hydrogens is 406 g/mol. The van der Waals surface area contributed by atoms with Gasteiger partial charge in [-0.05, 0) is 48.4 Å². The largest absolute Gasteiger partial charge is 0.461 e. The van der Waals surface area contributed by atoms with Gasteiger partial charge >= 0.3 is 5.97 Å². The fraction of sp³-hybridized carbons (Fsp3) is 0.120. The molecule has 7 nitrogen and oxygen atoms in total. The number of aromatic nitrogens is 2. The van der Waals surface area contributed by atoms with Crippen molar-refractivity contribution in [3.63, 3.8) is 0 Å². The summed E-state index contributed by atoms with van der Waals surface area (Å²) < 4.78 is 6.24. The Kier molecular flexibility index (Phi) is 5.81. The number of benzene rings is 3. The van der Waals surface area contributed by atoms with Gasteiger partial charge in [-0.3, -0.25) is 9.59 Å². The van der Waals surface area contributed by atoms with Crippen LogP contribution >= 0.6 is 0 Å². The van der Waals surface area contributed by atoms with E-state index in [4.69, 9.17) is 4.74 Å². The molecule has 0 aliphatic heterocycles. The molecule has 4 rings (SSSR count). The molecule has 0 unspecified atom stereocenters. The number of nitrogens with zero attached hydrogens (tertiary/aromatic N) is 2. The number of esters is 1. The van der Waals surface area contributed by atoms with Crippen molar-refractivity contribution in [2.75, 3.05) is 11.9 Å². The number of ether oxygens (including phenoxy) is 1. The normalized spacial score (nSPS) is 10.7. The summed E-state index contributed by atoms with van der Waals surface area (Å²) in [5.74, 6) is -1.19. The van der Waals surface area contributed by atoms with Crippen LogP contribution in [0.5, 0.6) is 0 Å². The molecule has 7 heteroatoms. The van der Waals surface area contributed by atoms with E-state index in [-0.39, 0.29) is 18.0 Å². The van der Waals surface area contributed by atoms with Crippen LogP contribution in [0.3, 0.4) is 0 Å². The van der Waals surface area contributed by atoms with E-state index in [1.165, 1.54) is 6.07 Å². The third kappa shape index (κ3) is 4.13. The Morgan fingerprint density at radius 2 is 1.69 bits per heavy atom. The number of hydrogen-bond acceptors (Lipinski definition) is 5. The first-order chi connectivity index (χ1) is 15.5. The zero-order chi connectivity index (χ0) is 22.7. The van der Waals surface area contributed by atoms with Crippen molar-refractivity contribution >= 4 is 28.3 Å². The molecule has 4 aromatic rings. The maximum absolute atomic E-state index is 12.9. The highest BCUT2D eigenvalue weighted by Crippen LogP contribution is 2.19. The van der Waals surface area contributed by atoms with Gasteiger partial charge in [0.15, 0.2) is 5.69 Å². The number of fused-ring (bicyclic) bond motifs is 1. The fourth-order valence-electron chi connectivity index (χ4n) is 3.40. The van der Waals surface area contributed by atoms with E-state index in [9.17, 15) is 14.4 Å². The van der Waals surface area contributed by atoms with Gasteiger partial charge in [0.2, 0.25) is 0 Å². The van der Waals surface area contributed by atoms with Crippen molar-refractivity contribution in [3.8, 4) is 5.69 Å². The van der Waals surface area contributed by atoms with Gasteiger partial charge in [-0.2, -0.15) is 9.78 Å². The Labute approximate surface area is 184 Å². The second kappa shape index (κ2) is 8.85. The first-order valence-electron chi connectivity index (χ1n) is 10.2. The van der Waals surface area contributed by atoms with Gasteiger partial charge in [-0.1, -0.05) is 48.5 Å². The topological polar surface area (TPSA) is 90.3 Å². The number of para-hydroxylation sites is 1. The van der Waals surface area contributed by atoms with Crippen molar-refractivity contribution in [3.05, 3.63) is 100.0 Å². The Morgan fingerprint density at radius 3 is 2.44 bits per heavy atom. The molecule has 160 valence electrons. The zero-order valence-corrected chi connectivity index (χ0v) is 17.7. The quantitative estimate of drug-likeness (QED) is 0.484. The first-order valence-corrected chi connectivity index (χ1v) is 10.2. The number of rotatable bonds is 5. The van der Waals surface area contributed by atoms with Crippen LogP contribution in [0.2, 0.25) is 0 Å². The summed E-state index contributed by atoms with van der Waals surface area (Å²) >= 11 is 0. The summed E-state index contributed by atoms with van der Waals surface area (Å²) in [5.41, 5.74) is 1.10. The molecule has 1 aromatic heterocycles. The molecule has 0 bridgehead atoms. The summed E-state index contributed by atoms with van der Waals surface area (Å²) in [6.07, 6.45) is 0. The molecule has 3 aromatic carbocycles. The van der Waals surface area contributed by atoms with E-state index in [1.807, 2.05) is 49.4 Å². The van der Waals surface area contributed by atoms with Gasteiger partial charge in [-0.25, -0.2) is 4.79 Å². The van der Waals surface area contributed by atoms with Crippen LogP contribution in [0.15, 0.2) is 77.6 Å². The summed E-state index contributed by atoms with van der Waals surface area (Å²) in [5, 5.41) is 8.78. The van der Waals surface area contributed by atoms with Crippen molar-refractivity contribution in [2.45, 2.75) is 13.8 Å². The number of carbonyl (C=O) groups excluding carboxylic acids is 2. The van der Waals surface area contributed by atoms with E-state index in [1.54, 1.807) is 31.2 Å². The van der Waals surface area contributed by atoms with E-state index in [0.717, 1.165) is 21.0 Å². The molecule has 0 aliphatic carbocycles. The van der Waals surface area contributed by atoms with Crippen molar-refractivity contribution in [1.29, 1.82) is 0 Å². The van der Waals surface area contributed by atoms with Crippen LogP contribution in [-0.2, 0) is 4.74 Å². The van der Waals surface area contributed by atoms with Gasteiger partial charge in [0.05, 0.1) is 18.0 Å². The van der Waals surface area contributed by atoms with Crippen LogP contribution < -0.4 is 10.9 Å².